The molecule has 21 heavy (non-hydrogen) atoms. The second kappa shape index (κ2) is 5.11. The number of nitrogens with zero attached hydrogens (tertiary/aromatic N) is 2. The van der Waals surface area contributed by atoms with E-state index in [-0.39, 0.29) is 5.82 Å². The van der Waals surface area contributed by atoms with Crippen molar-refractivity contribution in [2.24, 2.45) is 5.73 Å². The standard InChI is InChI=1S/C13H17FN4O3/c1-4-13(14)10(16)9(7(3)19)21-11(13)18-6(2)5-8(15)17-12(18)20/h1,5,7,9-11,19H,16H2,2-3H3,(H2,15,17,20)/t7-,9-,10?,11-,13-/m1/s1. The molecule has 1 aromatic rings. The fourth-order valence-corrected chi connectivity index (χ4v) is 2.48. The second-order valence-electron chi connectivity index (χ2n) is 5.11. The monoisotopic (exact) mass is 296 g/mol. The van der Waals surface area contributed by atoms with Crippen molar-refractivity contribution in [3.05, 3.63) is 22.2 Å². The summed E-state index contributed by atoms with van der Waals surface area (Å²) in [7, 11) is 0. The predicted octanol–water partition coefficient (Wildman–Crippen LogP) is -0.919. The highest BCUT2D eigenvalue weighted by atomic mass is 19.1. The number of hydrogen-bond acceptors (Lipinski definition) is 6. The molecular weight excluding hydrogens is 279 g/mol. The van der Waals surface area contributed by atoms with E-state index < -0.39 is 35.8 Å². The fraction of sp³-hybridized carbons (Fsp3) is 0.538. The first kappa shape index (κ1) is 15.4. The highest BCUT2D eigenvalue weighted by Gasteiger charge is 2.58. The smallest absolute Gasteiger partial charge is 0.351 e. The average Bonchev–Trinajstić information content (AvgIpc) is 2.63. The maximum Gasteiger partial charge on any atom is 0.351 e. The van der Waals surface area contributed by atoms with Gasteiger partial charge in [-0.1, -0.05) is 5.92 Å². The van der Waals surface area contributed by atoms with Crippen molar-refractivity contribution in [1.29, 1.82) is 0 Å². The number of aliphatic hydroxyl groups excluding tert-OH is 1. The molecule has 1 aliphatic heterocycles. The van der Waals surface area contributed by atoms with Gasteiger partial charge in [0, 0.05) is 5.69 Å². The maximum atomic E-state index is 15.0. The van der Waals surface area contributed by atoms with E-state index in [9.17, 15) is 9.90 Å². The summed E-state index contributed by atoms with van der Waals surface area (Å²) >= 11 is 0. The molecule has 1 aromatic heterocycles. The molecule has 5 atom stereocenters. The summed E-state index contributed by atoms with van der Waals surface area (Å²) in [5, 5.41) is 9.63. The topological polar surface area (TPSA) is 116 Å². The molecule has 1 unspecified atom stereocenters. The summed E-state index contributed by atoms with van der Waals surface area (Å²) in [6, 6.07) is 0.111. The predicted molar refractivity (Wildman–Crippen MR) is 73.9 cm³/mol. The molecule has 1 aliphatic rings. The number of halogens is 1. The molecule has 0 spiro atoms. The number of hydrogen-bond donors (Lipinski definition) is 3. The van der Waals surface area contributed by atoms with Crippen molar-refractivity contribution in [3.8, 4) is 12.3 Å². The summed E-state index contributed by atoms with van der Waals surface area (Å²) in [5.41, 5.74) is 8.31. The molecule has 2 heterocycles. The Labute approximate surface area is 120 Å². The third kappa shape index (κ3) is 2.29. The zero-order valence-corrected chi connectivity index (χ0v) is 11.7. The van der Waals surface area contributed by atoms with Crippen LogP contribution in [-0.2, 0) is 4.74 Å². The molecule has 5 N–H and O–H groups in total. The van der Waals surface area contributed by atoms with Gasteiger partial charge in [-0.3, -0.25) is 4.57 Å². The van der Waals surface area contributed by atoms with Gasteiger partial charge in [-0.2, -0.15) is 4.98 Å². The average molecular weight is 296 g/mol. The summed E-state index contributed by atoms with van der Waals surface area (Å²) in [5.74, 6) is 1.95. The van der Waals surface area contributed by atoms with Crippen LogP contribution in [0.4, 0.5) is 10.2 Å². The maximum absolute atomic E-state index is 15.0. The van der Waals surface area contributed by atoms with Gasteiger partial charge in [0.2, 0.25) is 5.67 Å². The Morgan fingerprint density at radius 3 is 2.81 bits per heavy atom. The number of rotatable bonds is 2. The second-order valence-corrected chi connectivity index (χ2v) is 5.11. The molecule has 0 aromatic carbocycles. The number of ether oxygens (including phenoxy) is 1. The lowest BCUT2D eigenvalue weighted by atomic mass is 9.93. The molecule has 0 amide bonds. The number of aliphatic hydroxyl groups is 1. The van der Waals surface area contributed by atoms with E-state index in [2.05, 4.69) is 4.98 Å². The summed E-state index contributed by atoms with van der Waals surface area (Å²) in [4.78, 5) is 15.5. The normalized spacial score (nSPS) is 33.6. The molecule has 0 aliphatic carbocycles. The number of aromatic nitrogens is 2. The largest absolute Gasteiger partial charge is 0.391 e. The van der Waals surface area contributed by atoms with Crippen LogP contribution in [0.15, 0.2) is 10.9 Å². The molecule has 0 bridgehead atoms. The van der Waals surface area contributed by atoms with E-state index >= 15 is 4.39 Å². The van der Waals surface area contributed by atoms with Gasteiger partial charge in [0.25, 0.3) is 0 Å². The van der Waals surface area contributed by atoms with Gasteiger partial charge in [0.15, 0.2) is 6.23 Å². The number of terminal acetylenes is 1. The van der Waals surface area contributed by atoms with E-state index in [1.807, 2.05) is 5.92 Å². The molecule has 0 radical (unpaired) electrons. The van der Waals surface area contributed by atoms with Crippen molar-refractivity contribution in [1.82, 2.24) is 9.55 Å². The minimum Gasteiger partial charge on any atom is -0.391 e. The molecule has 1 fully saturated rings. The molecule has 7 nitrogen and oxygen atoms in total. The van der Waals surface area contributed by atoms with Crippen molar-refractivity contribution >= 4 is 5.82 Å². The van der Waals surface area contributed by atoms with Crippen LogP contribution < -0.4 is 17.2 Å². The van der Waals surface area contributed by atoms with Crippen LogP contribution in [-0.4, -0.2) is 38.6 Å². The van der Waals surface area contributed by atoms with Crippen LogP contribution in [0.1, 0.15) is 18.8 Å². The SMILES string of the molecule is C#C[C@@]1(F)C(N)[C@@H]([C@@H](C)O)O[C@H]1n1c(C)cc(N)nc1=O. The summed E-state index contributed by atoms with van der Waals surface area (Å²) in [6.45, 7) is 2.95. The molecule has 8 heteroatoms. The van der Waals surface area contributed by atoms with E-state index in [4.69, 9.17) is 22.6 Å². The molecule has 1 saturated heterocycles. The van der Waals surface area contributed by atoms with E-state index in [0.717, 1.165) is 4.57 Å². The van der Waals surface area contributed by atoms with Crippen LogP contribution >= 0.6 is 0 Å². The first-order valence-electron chi connectivity index (χ1n) is 6.33. The number of alkyl halides is 1. The Kier molecular flexibility index (Phi) is 3.76. The number of aryl methyl sites for hydroxylation is 1. The van der Waals surface area contributed by atoms with Crippen LogP contribution in [0, 0.1) is 19.3 Å². The van der Waals surface area contributed by atoms with Gasteiger partial charge in [-0.25, -0.2) is 9.18 Å². The third-order valence-corrected chi connectivity index (χ3v) is 3.58. The van der Waals surface area contributed by atoms with Crippen LogP contribution in [0.5, 0.6) is 0 Å². The van der Waals surface area contributed by atoms with Crippen LogP contribution in [0.3, 0.4) is 0 Å². The van der Waals surface area contributed by atoms with Crippen LogP contribution in [0.2, 0.25) is 0 Å². The summed E-state index contributed by atoms with van der Waals surface area (Å²) < 4.78 is 21.4. The molecule has 2 rings (SSSR count). The summed E-state index contributed by atoms with van der Waals surface area (Å²) in [6.07, 6.45) is 1.69. The number of nitrogen functional groups attached to an aromatic ring is 1. The first-order valence-corrected chi connectivity index (χ1v) is 6.33. The van der Waals surface area contributed by atoms with Gasteiger partial charge in [0.1, 0.15) is 11.9 Å². The van der Waals surface area contributed by atoms with E-state index in [0.29, 0.717) is 5.69 Å². The molecule has 114 valence electrons. The van der Waals surface area contributed by atoms with E-state index in [1.54, 1.807) is 6.92 Å². The van der Waals surface area contributed by atoms with Gasteiger partial charge in [-0.05, 0) is 19.9 Å². The van der Waals surface area contributed by atoms with Gasteiger partial charge in [-0.15, -0.1) is 6.42 Å². The Bertz CT molecular complexity index is 654. The Balaban J connectivity index is 2.59. The van der Waals surface area contributed by atoms with E-state index in [1.165, 1.54) is 13.0 Å². The third-order valence-electron chi connectivity index (χ3n) is 3.58. The molecular formula is C13H17FN4O3. The number of anilines is 1. The van der Waals surface area contributed by atoms with Crippen molar-refractivity contribution in [2.45, 2.75) is 44.0 Å². The molecule has 0 saturated carbocycles. The van der Waals surface area contributed by atoms with Crippen molar-refractivity contribution in [2.75, 3.05) is 5.73 Å². The number of nitrogens with two attached hydrogens (primary N) is 2. The zero-order chi connectivity index (χ0) is 15.9. The lowest BCUT2D eigenvalue weighted by molar-refractivity contribution is -0.0739. The Morgan fingerprint density at radius 2 is 2.33 bits per heavy atom. The lowest BCUT2D eigenvalue weighted by Crippen LogP contribution is -2.51. The minimum atomic E-state index is -2.45. The first-order chi connectivity index (χ1) is 9.72. The minimum absolute atomic E-state index is 0.00767. The van der Waals surface area contributed by atoms with Gasteiger partial charge < -0.3 is 21.3 Å². The highest BCUT2D eigenvalue weighted by Crippen LogP contribution is 2.41. The van der Waals surface area contributed by atoms with Crippen molar-refractivity contribution in [3.63, 3.8) is 0 Å². The highest BCUT2D eigenvalue weighted by molar-refractivity contribution is 5.30. The fourth-order valence-electron chi connectivity index (χ4n) is 2.48. The zero-order valence-electron chi connectivity index (χ0n) is 11.7. The quantitative estimate of drug-likeness (QED) is 0.608. The van der Waals surface area contributed by atoms with Gasteiger partial charge in [0.05, 0.1) is 12.1 Å². The Morgan fingerprint density at radius 1 is 1.71 bits per heavy atom. The Hall–Kier alpha value is -1.95. The van der Waals surface area contributed by atoms with Gasteiger partial charge >= 0.3 is 5.69 Å². The lowest BCUT2D eigenvalue weighted by Gasteiger charge is -2.25. The van der Waals surface area contributed by atoms with Crippen molar-refractivity contribution < 1.29 is 14.2 Å². The van der Waals surface area contributed by atoms with Crippen LogP contribution in [0.25, 0.3) is 0 Å².